The molecule has 0 radical (unpaired) electrons. The highest BCUT2D eigenvalue weighted by molar-refractivity contribution is 7.10. The van der Waals surface area contributed by atoms with Gasteiger partial charge in [0.15, 0.2) is 0 Å². The Bertz CT molecular complexity index is 268. The van der Waals surface area contributed by atoms with Gasteiger partial charge in [-0.05, 0) is 30.7 Å². The van der Waals surface area contributed by atoms with Crippen molar-refractivity contribution in [1.82, 2.24) is 5.32 Å². The minimum atomic E-state index is 0.550. The molecule has 1 rings (SSSR count). The minimum absolute atomic E-state index is 0.550. The van der Waals surface area contributed by atoms with Crippen LogP contribution in [0.4, 0.5) is 0 Å². The van der Waals surface area contributed by atoms with Crippen LogP contribution in [-0.2, 0) is 0 Å². The second kappa shape index (κ2) is 7.08. The SMILES string of the molecule is CCCC(NC(C)C(C)CC)c1cccs1. The molecule has 1 aromatic rings. The second-order valence-corrected chi connectivity index (χ2v) is 5.68. The summed E-state index contributed by atoms with van der Waals surface area (Å²) >= 11 is 1.87. The molecular weight excluding hydrogens is 214 g/mol. The molecule has 0 aliphatic carbocycles. The van der Waals surface area contributed by atoms with E-state index in [0.29, 0.717) is 12.1 Å². The summed E-state index contributed by atoms with van der Waals surface area (Å²) in [6, 6.07) is 5.55. The fourth-order valence-corrected chi connectivity index (χ4v) is 2.74. The van der Waals surface area contributed by atoms with E-state index in [1.165, 1.54) is 24.1 Å². The van der Waals surface area contributed by atoms with Gasteiger partial charge in [0.05, 0.1) is 0 Å². The average Bonchev–Trinajstić information content (AvgIpc) is 2.80. The van der Waals surface area contributed by atoms with Crippen molar-refractivity contribution in [2.45, 2.75) is 59.0 Å². The van der Waals surface area contributed by atoms with E-state index in [0.717, 1.165) is 5.92 Å². The van der Waals surface area contributed by atoms with Crippen molar-refractivity contribution in [2.75, 3.05) is 0 Å². The molecule has 0 amide bonds. The summed E-state index contributed by atoms with van der Waals surface area (Å²) in [5, 5.41) is 5.96. The second-order valence-electron chi connectivity index (χ2n) is 4.70. The van der Waals surface area contributed by atoms with Crippen molar-refractivity contribution < 1.29 is 0 Å². The van der Waals surface area contributed by atoms with Gasteiger partial charge in [-0.25, -0.2) is 0 Å². The van der Waals surface area contributed by atoms with E-state index >= 15 is 0 Å². The van der Waals surface area contributed by atoms with Crippen LogP contribution in [0.3, 0.4) is 0 Å². The van der Waals surface area contributed by atoms with Crippen LogP contribution >= 0.6 is 11.3 Å². The molecule has 1 heterocycles. The van der Waals surface area contributed by atoms with Crippen molar-refractivity contribution in [3.8, 4) is 0 Å². The number of hydrogen-bond donors (Lipinski definition) is 1. The van der Waals surface area contributed by atoms with Gasteiger partial charge >= 0.3 is 0 Å². The molecule has 1 N–H and O–H groups in total. The highest BCUT2D eigenvalue weighted by atomic mass is 32.1. The van der Waals surface area contributed by atoms with Crippen LogP contribution in [-0.4, -0.2) is 6.04 Å². The number of thiophene rings is 1. The molecule has 0 fully saturated rings. The van der Waals surface area contributed by atoms with Gasteiger partial charge in [0.2, 0.25) is 0 Å². The molecule has 3 atom stereocenters. The zero-order chi connectivity index (χ0) is 12.0. The maximum Gasteiger partial charge on any atom is 0.0416 e. The number of rotatable bonds is 7. The Morgan fingerprint density at radius 1 is 1.31 bits per heavy atom. The molecule has 1 nitrogen and oxygen atoms in total. The lowest BCUT2D eigenvalue weighted by Crippen LogP contribution is -2.34. The molecule has 0 aliphatic rings. The Morgan fingerprint density at radius 2 is 2.06 bits per heavy atom. The molecule has 2 heteroatoms. The number of hydrogen-bond acceptors (Lipinski definition) is 2. The van der Waals surface area contributed by atoms with Crippen LogP contribution in [0.15, 0.2) is 17.5 Å². The summed E-state index contributed by atoms with van der Waals surface area (Å²) in [6.07, 6.45) is 3.72. The maximum atomic E-state index is 3.78. The normalized spacial score (nSPS) is 17.0. The fraction of sp³-hybridized carbons (Fsp3) is 0.714. The van der Waals surface area contributed by atoms with Crippen molar-refractivity contribution in [2.24, 2.45) is 5.92 Å². The van der Waals surface area contributed by atoms with Crippen LogP contribution in [0.2, 0.25) is 0 Å². The average molecular weight is 239 g/mol. The predicted molar refractivity (Wildman–Crippen MR) is 74.0 cm³/mol. The maximum absolute atomic E-state index is 3.78. The highest BCUT2D eigenvalue weighted by Crippen LogP contribution is 2.25. The summed E-state index contributed by atoms with van der Waals surface area (Å²) in [5.74, 6) is 0.749. The predicted octanol–water partition coefficient (Wildman–Crippen LogP) is 4.61. The molecule has 0 saturated heterocycles. The van der Waals surface area contributed by atoms with Crippen molar-refractivity contribution >= 4 is 11.3 Å². The standard InChI is InChI=1S/C14H25NS/c1-5-8-13(14-9-7-10-16-14)15-12(4)11(3)6-2/h7,9-13,15H,5-6,8H2,1-4H3. The van der Waals surface area contributed by atoms with E-state index in [9.17, 15) is 0 Å². The van der Waals surface area contributed by atoms with Crippen molar-refractivity contribution in [1.29, 1.82) is 0 Å². The molecule has 0 aliphatic heterocycles. The largest absolute Gasteiger partial charge is 0.306 e. The topological polar surface area (TPSA) is 12.0 Å². The Balaban J connectivity index is 2.58. The summed E-state index contributed by atoms with van der Waals surface area (Å²) in [5.41, 5.74) is 0. The lowest BCUT2D eigenvalue weighted by Gasteiger charge is -2.26. The minimum Gasteiger partial charge on any atom is -0.306 e. The fourth-order valence-electron chi connectivity index (χ4n) is 1.92. The molecule has 0 bridgehead atoms. The van der Waals surface area contributed by atoms with E-state index in [1.807, 2.05) is 11.3 Å². The molecule has 0 aromatic carbocycles. The third-order valence-corrected chi connectivity index (χ3v) is 4.41. The summed E-state index contributed by atoms with van der Waals surface area (Å²) in [6.45, 7) is 9.17. The first kappa shape index (κ1) is 13.7. The molecule has 16 heavy (non-hydrogen) atoms. The molecule has 92 valence electrons. The first-order valence-corrected chi connectivity index (χ1v) is 7.36. The third kappa shape index (κ3) is 3.91. The van der Waals surface area contributed by atoms with Crippen molar-refractivity contribution in [3.05, 3.63) is 22.4 Å². The van der Waals surface area contributed by atoms with Crippen LogP contribution in [0.1, 0.15) is 57.9 Å². The molecule has 0 saturated carbocycles. The Kier molecular flexibility index (Phi) is 6.07. The first-order chi connectivity index (χ1) is 7.69. The summed E-state index contributed by atoms with van der Waals surface area (Å²) < 4.78 is 0. The van der Waals surface area contributed by atoms with E-state index in [1.54, 1.807) is 0 Å². The van der Waals surface area contributed by atoms with Gasteiger partial charge < -0.3 is 5.32 Å². The highest BCUT2D eigenvalue weighted by Gasteiger charge is 2.17. The Morgan fingerprint density at radius 3 is 2.56 bits per heavy atom. The van der Waals surface area contributed by atoms with Gasteiger partial charge in [0.25, 0.3) is 0 Å². The monoisotopic (exact) mass is 239 g/mol. The third-order valence-electron chi connectivity index (χ3n) is 3.43. The Hall–Kier alpha value is -0.340. The van der Waals surface area contributed by atoms with Gasteiger partial charge in [0, 0.05) is 17.0 Å². The molecule has 1 aromatic heterocycles. The molecule has 3 unspecified atom stereocenters. The van der Waals surface area contributed by atoms with Crippen LogP contribution in [0, 0.1) is 5.92 Å². The van der Waals surface area contributed by atoms with E-state index < -0.39 is 0 Å². The van der Waals surface area contributed by atoms with Gasteiger partial charge in [0.1, 0.15) is 0 Å². The van der Waals surface area contributed by atoms with Gasteiger partial charge in [-0.15, -0.1) is 11.3 Å². The van der Waals surface area contributed by atoms with Crippen LogP contribution in [0.5, 0.6) is 0 Å². The van der Waals surface area contributed by atoms with E-state index in [-0.39, 0.29) is 0 Å². The van der Waals surface area contributed by atoms with E-state index in [4.69, 9.17) is 0 Å². The van der Waals surface area contributed by atoms with Gasteiger partial charge in [-0.1, -0.05) is 39.7 Å². The number of nitrogens with one attached hydrogen (secondary N) is 1. The molecular formula is C14H25NS. The van der Waals surface area contributed by atoms with E-state index in [2.05, 4.69) is 50.5 Å². The summed E-state index contributed by atoms with van der Waals surface area (Å²) in [4.78, 5) is 1.48. The quantitative estimate of drug-likeness (QED) is 0.732. The first-order valence-electron chi connectivity index (χ1n) is 6.48. The van der Waals surface area contributed by atoms with Crippen molar-refractivity contribution in [3.63, 3.8) is 0 Å². The van der Waals surface area contributed by atoms with Gasteiger partial charge in [-0.3, -0.25) is 0 Å². The van der Waals surface area contributed by atoms with Crippen LogP contribution < -0.4 is 5.32 Å². The molecule has 0 spiro atoms. The lowest BCUT2D eigenvalue weighted by molar-refractivity contribution is 0.342. The lowest BCUT2D eigenvalue weighted by atomic mass is 9.99. The Labute approximate surface area is 104 Å². The zero-order valence-corrected chi connectivity index (χ0v) is 11.8. The smallest absolute Gasteiger partial charge is 0.0416 e. The zero-order valence-electron chi connectivity index (χ0n) is 11.0. The van der Waals surface area contributed by atoms with Gasteiger partial charge in [-0.2, -0.15) is 0 Å². The summed E-state index contributed by atoms with van der Waals surface area (Å²) in [7, 11) is 0. The van der Waals surface area contributed by atoms with Crippen LogP contribution in [0.25, 0.3) is 0 Å².